The predicted molar refractivity (Wildman–Crippen MR) is 72.8 cm³/mol. The van der Waals surface area contributed by atoms with E-state index < -0.39 is 10.5 Å². The summed E-state index contributed by atoms with van der Waals surface area (Å²) in [6.07, 6.45) is -0.378. The molecule has 3 rings (SSSR count). The highest BCUT2D eigenvalue weighted by molar-refractivity contribution is 5.90. The summed E-state index contributed by atoms with van der Waals surface area (Å²) in [5, 5.41) is 11.1. The van der Waals surface area contributed by atoms with Gasteiger partial charge in [-0.15, -0.1) is 0 Å². The molecule has 0 aromatic heterocycles. The van der Waals surface area contributed by atoms with E-state index in [1.807, 2.05) is 20.8 Å². The number of para-hydroxylation sites is 1. The molecule has 0 amide bonds. The van der Waals surface area contributed by atoms with Gasteiger partial charge in [0, 0.05) is 6.07 Å². The Hall–Kier alpha value is -1.95. The monoisotopic (exact) mass is 276 g/mol. The highest BCUT2D eigenvalue weighted by atomic mass is 16.6. The molecule has 0 aliphatic carbocycles. The molecule has 1 aromatic carbocycles. The van der Waals surface area contributed by atoms with Crippen LogP contribution in [0, 0.1) is 10.1 Å². The zero-order valence-corrected chi connectivity index (χ0v) is 11.6. The van der Waals surface area contributed by atoms with Crippen molar-refractivity contribution in [2.24, 2.45) is 4.99 Å². The maximum atomic E-state index is 11.1. The van der Waals surface area contributed by atoms with Crippen molar-refractivity contribution in [2.45, 2.75) is 38.0 Å². The van der Waals surface area contributed by atoms with Crippen molar-refractivity contribution in [1.29, 1.82) is 0 Å². The van der Waals surface area contributed by atoms with Gasteiger partial charge in [-0.2, -0.15) is 0 Å². The molecular formula is C14H16N2O4. The van der Waals surface area contributed by atoms with Crippen LogP contribution < -0.4 is 0 Å². The third-order valence-corrected chi connectivity index (χ3v) is 3.61. The van der Waals surface area contributed by atoms with Crippen molar-refractivity contribution in [2.75, 3.05) is 6.61 Å². The van der Waals surface area contributed by atoms with Gasteiger partial charge in [-0.1, -0.05) is 12.1 Å². The molecule has 0 radical (unpaired) electrons. The lowest BCUT2D eigenvalue weighted by Gasteiger charge is -2.07. The van der Waals surface area contributed by atoms with Crippen molar-refractivity contribution >= 4 is 11.6 Å². The molecule has 1 aromatic rings. The van der Waals surface area contributed by atoms with Gasteiger partial charge in [0.25, 0.3) is 5.69 Å². The summed E-state index contributed by atoms with van der Waals surface area (Å²) in [5.74, 6) is 0.533. The van der Waals surface area contributed by atoms with E-state index in [1.54, 1.807) is 18.2 Å². The SMILES string of the molecule is CC1(C)COC([C@]2(C)O[C@H]2c2ccccc2[N+](=O)[O-])=N1. The van der Waals surface area contributed by atoms with Crippen molar-refractivity contribution in [3.63, 3.8) is 0 Å². The van der Waals surface area contributed by atoms with E-state index in [9.17, 15) is 10.1 Å². The van der Waals surface area contributed by atoms with E-state index in [2.05, 4.69) is 4.99 Å². The Kier molecular flexibility index (Phi) is 2.62. The van der Waals surface area contributed by atoms with E-state index in [0.29, 0.717) is 18.1 Å². The molecule has 2 aliphatic heterocycles. The number of epoxide rings is 1. The lowest BCUT2D eigenvalue weighted by atomic mass is 9.99. The lowest BCUT2D eigenvalue weighted by Crippen LogP contribution is -2.21. The molecule has 0 bridgehead atoms. The normalized spacial score (nSPS) is 30.6. The fourth-order valence-corrected chi connectivity index (χ4v) is 2.45. The first kappa shape index (κ1) is 13.1. The third-order valence-electron chi connectivity index (χ3n) is 3.61. The molecule has 1 fully saturated rings. The second-order valence-electron chi connectivity index (χ2n) is 5.94. The number of hydrogen-bond donors (Lipinski definition) is 0. The van der Waals surface area contributed by atoms with Crippen LogP contribution in [0.3, 0.4) is 0 Å². The number of benzene rings is 1. The van der Waals surface area contributed by atoms with Crippen molar-refractivity contribution in [3.8, 4) is 0 Å². The lowest BCUT2D eigenvalue weighted by molar-refractivity contribution is -0.385. The Morgan fingerprint density at radius 1 is 1.35 bits per heavy atom. The van der Waals surface area contributed by atoms with E-state index in [-0.39, 0.29) is 17.3 Å². The number of nitrogens with zero attached hydrogens (tertiary/aromatic N) is 2. The zero-order valence-electron chi connectivity index (χ0n) is 11.6. The first-order valence-electron chi connectivity index (χ1n) is 6.48. The Labute approximate surface area is 116 Å². The minimum absolute atomic E-state index is 0.0686. The third kappa shape index (κ3) is 1.96. The van der Waals surface area contributed by atoms with Crippen LogP contribution in [0.25, 0.3) is 0 Å². The van der Waals surface area contributed by atoms with E-state index in [4.69, 9.17) is 9.47 Å². The average molecular weight is 276 g/mol. The van der Waals surface area contributed by atoms with Gasteiger partial charge in [-0.05, 0) is 26.8 Å². The van der Waals surface area contributed by atoms with Gasteiger partial charge < -0.3 is 9.47 Å². The molecule has 6 nitrogen and oxygen atoms in total. The predicted octanol–water partition coefficient (Wildman–Crippen LogP) is 2.63. The number of ether oxygens (including phenoxy) is 2. The van der Waals surface area contributed by atoms with Gasteiger partial charge in [-0.3, -0.25) is 10.1 Å². The molecule has 2 heterocycles. The molecule has 106 valence electrons. The van der Waals surface area contributed by atoms with Gasteiger partial charge in [0.1, 0.15) is 12.7 Å². The van der Waals surface area contributed by atoms with Gasteiger partial charge in [0.2, 0.25) is 5.90 Å². The molecular weight excluding hydrogens is 260 g/mol. The summed E-state index contributed by atoms with van der Waals surface area (Å²) in [6, 6.07) is 6.62. The van der Waals surface area contributed by atoms with Crippen molar-refractivity contribution < 1.29 is 14.4 Å². The van der Waals surface area contributed by atoms with Crippen LogP contribution in [0.4, 0.5) is 5.69 Å². The quantitative estimate of drug-likeness (QED) is 0.483. The first-order valence-corrected chi connectivity index (χ1v) is 6.48. The molecule has 2 atom stereocenters. The molecule has 20 heavy (non-hydrogen) atoms. The van der Waals surface area contributed by atoms with E-state index >= 15 is 0 Å². The molecule has 0 saturated carbocycles. The minimum atomic E-state index is -0.695. The van der Waals surface area contributed by atoms with Crippen LogP contribution in [0.1, 0.15) is 32.4 Å². The van der Waals surface area contributed by atoms with E-state index in [1.165, 1.54) is 6.07 Å². The smallest absolute Gasteiger partial charge is 0.275 e. The second kappa shape index (κ2) is 4.02. The van der Waals surface area contributed by atoms with Crippen LogP contribution in [-0.4, -0.2) is 28.6 Å². The second-order valence-corrected chi connectivity index (χ2v) is 5.94. The maximum absolute atomic E-state index is 11.1. The summed E-state index contributed by atoms with van der Waals surface area (Å²) in [5.41, 5.74) is -0.327. The van der Waals surface area contributed by atoms with E-state index in [0.717, 1.165) is 0 Å². The molecule has 6 heteroatoms. The number of hydrogen-bond acceptors (Lipinski definition) is 5. The summed E-state index contributed by atoms with van der Waals surface area (Å²) in [6.45, 7) is 6.32. The minimum Gasteiger partial charge on any atom is -0.476 e. The van der Waals surface area contributed by atoms with Crippen LogP contribution in [0.2, 0.25) is 0 Å². The highest BCUT2D eigenvalue weighted by Crippen LogP contribution is 2.53. The topological polar surface area (TPSA) is 77.3 Å². The summed E-state index contributed by atoms with van der Waals surface area (Å²) in [7, 11) is 0. The highest BCUT2D eigenvalue weighted by Gasteiger charge is 2.62. The maximum Gasteiger partial charge on any atom is 0.275 e. The Balaban J connectivity index is 1.91. The van der Waals surface area contributed by atoms with Gasteiger partial charge in [0.15, 0.2) is 5.60 Å². The Bertz CT molecular complexity index is 611. The standard InChI is InChI=1S/C14H16N2O4/c1-13(2)8-19-12(15-13)14(3)11(20-14)9-6-4-5-7-10(9)16(17)18/h4-7,11H,8H2,1-3H3/t11-,14+/m0/s1. The summed E-state index contributed by atoms with van der Waals surface area (Å²) < 4.78 is 11.3. The van der Waals surface area contributed by atoms with Crippen molar-refractivity contribution in [3.05, 3.63) is 39.9 Å². The number of aliphatic imine (C=N–C) groups is 1. The molecule has 0 N–H and O–H groups in total. The van der Waals surface area contributed by atoms with Gasteiger partial charge >= 0.3 is 0 Å². The van der Waals surface area contributed by atoms with Crippen LogP contribution >= 0.6 is 0 Å². The largest absolute Gasteiger partial charge is 0.476 e. The molecule has 0 spiro atoms. The van der Waals surface area contributed by atoms with Crippen molar-refractivity contribution in [1.82, 2.24) is 0 Å². The number of nitro benzene ring substituents is 1. The van der Waals surface area contributed by atoms with Crippen LogP contribution in [0.5, 0.6) is 0 Å². The number of rotatable bonds is 3. The number of nitro groups is 1. The summed E-state index contributed by atoms with van der Waals surface area (Å²) >= 11 is 0. The zero-order chi connectivity index (χ0) is 14.5. The molecule has 0 unspecified atom stereocenters. The van der Waals surface area contributed by atoms with Gasteiger partial charge in [-0.25, -0.2) is 4.99 Å². The Morgan fingerprint density at radius 2 is 2.05 bits per heavy atom. The van der Waals surface area contributed by atoms with Gasteiger partial charge in [0.05, 0.1) is 16.0 Å². The fraction of sp³-hybridized carbons (Fsp3) is 0.500. The average Bonchev–Trinajstić information content (AvgIpc) is 2.94. The van der Waals surface area contributed by atoms with Crippen LogP contribution in [-0.2, 0) is 9.47 Å². The molecule has 1 saturated heterocycles. The molecule has 2 aliphatic rings. The Morgan fingerprint density at radius 3 is 2.65 bits per heavy atom. The first-order chi connectivity index (χ1) is 9.33. The fourth-order valence-electron chi connectivity index (χ4n) is 2.45. The summed E-state index contributed by atoms with van der Waals surface area (Å²) in [4.78, 5) is 15.2. The van der Waals surface area contributed by atoms with Crippen LogP contribution in [0.15, 0.2) is 29.3 Å².